The van der Waals surface area contributed by atoms with Crippen LogP contribution < -0.4 is 10.2 Å². The molecule has 2 heterocycles. The zero-order valence-electron chi connectivity index (χ0n) is 14.7. The summed E-state index contributed by atoms with van der Waals surface area (Å²) in [5, 5.41) is 4.17. The first-order valence-corrected chi connectivity index (χ1v) is 9.43. The van der Waals surface area contributed by atoms with Crippen LogP contribution in [0.3, 0.4) is 0 Å². The van der Waals surface area contributed by atoms with Crippen LogP contribution in [-0.4, -0.2) is 49.9 Å². The van der Waals surface area contributed by atoms with Gasteiger partial charge in [0.05, 0.1) is 5.92 Å². The van der Waals surface area contributed by atoms with Gasteiger partial charge < -0.3 is 15.1 Å². The highest BCUT2D eigenvalue weighted by Crippen LogP contribution is 2.31. The maximum absolute atomic E-state index is 12.8. The van der Waals surface area contributed by atoms with Crippen molar-refractivity contribution in [2.24, 2.45) is 11.8 Å². The van der Waals surface area contributed by atoms with Crippen molar-refractivity contribution >= 4 is 53.1 Å². The highest BCUT2D eigenvalue weighted by atomic mass is 35.5. The standard InChI is InChI=1S/C18H23Cl2N3O2.ClH/c1-21-10-12-2-4-22(5-3-12)18(25)13-6-17(24)23(11-13)16-8-14(19)7-15(20)9-16;/h7-9,12-13,21H,2-6,10-11H2,1H3;1H. The fraction of sp³-hybridized carbons (Fsp3) is 0.556. The van der Waals surface area contributed by atoms with E-state index in [4.69, 9.17) is 23.2 Å². The third kappa shape index (κ3) is 4.83. The summed E-state index contributed by atoms with van der Waals surface area (Å²) in [4.78, 5) is 28.7. The van der Waals surface area contributed by atoms with Gasteiger partial charge >= 0.3 is 0 Å². The van der Waals surface area contributed by atoms with E-state index < -0.39 is 0 Å². The van der Waals surface area contributed by atoms with Crippen molar-refractivity contribution in [2.45, 2.75) is 19.3 Å². The fourth-order valence-corrected chi connectivity index (χ4v) is 4.24. The van der Waals surface area contributed by atoms with Crippen molar-refractivity contribution in [3.63, 3.8) is 0 Å². The Kier molecular flexibility index (Phi) is 7.59. The van der Waals surface area contributed by atoms with Gasteiger partial charge in [0, 0.05) is 41.8 Å². The van der Waals surface area contributed by atoms with Gasteiger partial charge in [0.1, 0.15) is 0 Å². The van der Waals surface area contributed by atoms with E-state index in [0.717, 1.165) is 32.5 Å². The van der Waals surface area contributed by atoms with Crippen molar-refractivity contribution in [1.29, 1.82) is 0 Å². The van der Waals surface area contributed by atoms with E-state index in [1.165, 1.54) is 0 Å². The molecule has 0 spiro atoms. The first-order chi connectivity index (χ1) is 12.0. The lowest BCUT2D eigenvalue weighted by atomic mass is 9.95. The number of carbonyl (C=O) groups is 2. The molecule has 2 aliphatic rings. The summed E-state index contributed by atoms with van der Waals surface area (Å²) >= 11 is 12.1. The molecular formula is C18H24Cl3N3O2. The Morgan fingerprint density at radius 2 is 1.81 bits per heavy atom. The van der Waals surface area contributed by atoms with Crippen LogP contribution >= 0.6 is 35.6 Å². The highest BCUT2D eigenvalue weighted by molar-refractivity contribution is 6.35. The monoisotopic (exact) mass is 419 g/mol. The van der Waals surface area contributed by atoms with Gasteiger partial charge in [-0.2, -0.15) is 0 Å². The van der Waals surface area contributed by atoms with Gasteiger partial charge in [0.25, 0.3) is 0 Å². The SMILES string of the molecule is CNCC1CCN(C(=O)C2CC(=O)N(c3cc(Cl)cc(Cl)c3)C2)CC1.Cl. The van der Waals surface area contributed by atoms with E-state index in [2.05, 4.69) is 5.32 Å². The summed E-state index contributed by atoms with van der Waals surface area (Å²) in [5.74, 6) is 0.379. The van der Waals surface area contributed by atoms with Crippen LogP contribution in [-0.2, 0) is 9.59 Å². The Bertz CT molecular complexity index is 643. The number of likely N-dealkylation sites (tertiary alicyclic amines) is 1. The molecule has 2 saturated heterocycles. The number of piperidine rings is 1. The quantitative estimate of drug-likeness (QED) is 0.813. The second-order valence-electron chi connectivity index (χ2n) is 6.86. The lowest BCUT2D eigenvalue weighted by Gasteiger charge is -2.33. The van der Waals surface area contributed by atoms with Crippen molar-refractivity contribution in [1.82, 2.24) is 10.2 Å². The van der Waals surface area contributed by atoms with Crippen LogP contribution in [0.15, 0.2) is 18.2 Å². The summed E-state index contributed by atoms with van der Waals surface area (Å²) < 4.78 is 0. The molecule has 0 aromatic heterocycles. The Morgan fingerprint density at radius 1 is 1.19 bits per heavy atom. The minimum Gasteiger partial charge on any atom is -0.342 e. The Morgan fingerprint density at radius 3 is 2.38 bits per heavy atom. The van der Waals surface area contributed by atoms with Crippen molar-refractivity contribution < 1.29 is 9.59 Å². The highest BCUT2D eigenvalue weighted by Gasteiger charge is 2.38. The van der Waals surface area contributed by atoms with Crippen LogP contribution in [0.1, 0.15) is 19.3 Å². The Hall–Kier alpha value is -1.01. The minimum atomic E-state index is -0.286. The van der Waals surface area contributed by atoms with Crippen molar-refractivity contribution in [3.8, 4) is 0 Å². The van der Waals surface area contributed by atoms with Crippen LogP contribution in [0.25, 0.3) is 0 Å². The van der Waals surface area contributed by atoms with E-state index in [9.17, 15) is 9.59 Å². The number of halogens is 3. The summed E-state index contributed by atoms with van der Waals surface area (Å²) in [6.07, 6.45) is 2.28. The number of benzene rings is 1. The van der Waals surface area contributed by atoms with Gasteiger partial charge in [0.15, 0.2) is 0 Å². The Labute approximate surface area is 170 Å². The second kappa shape index (κ2) is 9.27. The van der Waals surface area contributed by atoms with E-state index in [1.807, 2.05) is 11.9 Å². The number of rotatable bonds is 4. The predicted molar refractivity (Wildman–Crippen MR) is 107 cm³/mol. The Balaban J connectivity index is 0.00000243. The third-order valence-corrected chi connectivity index (χ3v) is 5.49. The average molecular weight is 421 g/mol. The van der Waals surface area contributed by atoms with Gasteiger partial charge in [-0.15, -0.1) is 12.4 Å². The molecule has 3 rings (SSSR count). The molecule has 0 saturated carbocycles. The van der Waals surface area contributed by atoms with Gasteiger partial charge in [-0.3, -0.25) is 9.59 Å². The van der Waals surface area contributed by atoms with Crippen molar-refractivity contribution in [3.05, 3.63) is 28.2 Å². The summed E-state index contributed by atoms with van der Waals surface area (Å²) in [6, 6.07) is 5.05. The van der Waals surface area contributed by atoms with Gasteiger partial charge in [0.2, 0.25) is 11.8 Å². The molecule has 2 amide bonds. The number of anilines is 1. The maximum Gasteiger partial charge on any atom is 0.228 e. The second-order valence-corrected chi connectivity index (χ2v) is 7.73. The summed E-state index contributed by atoms with van der Waals surface area (Å²) in [5.41, 5.74) is 0.658. The molecule has 26 heavy (non-hydrogen) atoms. The predicted octanol–water partition coefficient (Wildman–Crippen LogP) is 3.23. The molecule has 144 valence electrons. The van der Waals surface area contributed by atoms with Crippen LogP contribution in [0.5, 0.6) is 0 Å². The van der Waals surface area contributed by atoms with Gasteiger partial charge in [-0.1, -0.05) is 23.2 Å². The van der Waals surface area contributed by atoms with Crippen molar-refractivity contribution in [2.75, 3.05) is 38.1 Å². The van der Waals surface area contributed by atoms with Crippen LogP contribution in [0, 0.1) is 11.8 Å². The molecule has 1 atom stereocenters. The largest absolute Gasteiger partial charge is 0.342 e. The molecule has 2 aliphatic heterocycles. The number of amides is 2. The molecule has 2 fully saturated rings. The first-order valence-electron chi connectivity index (χ1n) is 8.67. The van der Waals surface area contributed by atoms with E-state index >= 15 is 0 Å². The third-order valence-electron chi connectivity index (χ3n) is 5.05. The molecule has 0 aliphatic carbocycles. The topological polar surface area (TPSA) is 52.7 Å². The average Bonchev–Trinajstić information content (AvgIpc) is 2.96. The molecule has 0 bridgehead atoms. The number of hydrogen-bond acceptors (Lipinski definition) is 3. The summed E-state index contributed by atoms with van der Waals surface area (Å²) in [6.45, 7) is 2.94. The molecule has 0 radical (unpaired) electrons. The zero-order chi connectivity index (χ0) is 18.0. The molecule has 1 aromatic rings. The van der Waals surface area contributed by atoms with E-state index in [-0.39, 0.29) is 36.6 Å². The molecule has 1 aromatic carbocycles. The molecule has 8 heteroatoms. The zero-order valence-corrected chi connectivity index (χ0v) is 17.0. The smallest absolute Gasteiger partial charge is 0.228 e. The number of nitrogens with zero attached hydrogens (tertiary/aromatic N) is 2. The molecule has 1 N–H and O–H groups in total. The van der Waals surface area contributed by atoms with Crippen LogP contribution in [0.2, 0.25) is 10.0 Å². The first kappa shape index (κ1) is 21.3. The van der Waals surface area contributed by atoms with Gasteiger partial charge in [-0.25, -0.2) is 0 Å². The molecule has 1 unspecified atom stereocenters. The lowest BCUT2D eigenvalue weighted by Crippen LogP contribution is -2.43. The number of nitrogens with one attached hydrogen (secondary N) is 1. The number of hydrogen-bond donors (Lipinski definition) is 1. The number of carbonyl (C=O) groups excluding carboxylic acids is 2. The lowest BCUT2D eigenvalue weighted by molar-refractivity contribution is -0.137. The molecule has 5 nitrogen and oxygen atoms in total. The van der Waals surface area contributed by atoms with E-state index in [1.54, 1.807) is 23.1 Å². The minimum absolute atomic E-state index is 0. The molecular weight excluding hydrogens is 397 g/mol. The normalized spacial score (nSPS) is 21.0. The van der Waals surface area contributed by atoms with Crippen LogP contribution in [0.4, 0.5) is 5.69 Å². The van der Waals surface area contributed by atoms with E-state index in [0.29, 0.717) is 28.2 Å². The van der Waals surface area contributed by atoms with Gasteiger partial charge in [-0.05, 0) is 50.6 Å². The maximum atomic E-state index is 12.8. The fourth-order valence-electron chi connectivity index (χ4n) is 3.72. The summed E-state index contributed by atoms with van der Waals surface area (Å²) in [7, 11) is 1.96.